The van der Waals surface area contributed by atoms with Gasteiger partial charge in [-0.2, -0.15) is 0 Å². The molecule has 0 fully saturated rings. The molecule has 0 amide bonds. The van der Waals surface area contributed by atoms with Crippen LogP contribution in [0.1, 0.15) is 116 Å². The molecule has 12 nitrogen and oxygen atoms in total. The van der Waals surface area contributed by atoms with Gasteiger partial charge in [0.2, 0.25) is 0 Å². The molecule has 3 rings (SSSR count). The van der Waals surface area contributed by atoms with Gasteiger partial charge in [-0.15, -0.1) is 0 Å². The number of benzene rings is 2. The first-order valence-electron chi connectivity index (χ1n) is 15.7. The van der Waals surface area contributed by atoms with Crippen LogP contribution >= 0.6 is 0 Å². The molecule has 1 aliphatic rings. The molecule has 12 heteroatoms. The van der Waals surface area contributed by atoms with Crippen molar-refractivity contribution in [1.82, 2.24) is 0 Å². The molecular weight excluding hydrogens is 604 g/mol. The Morgan fingerprint density at radius 2 is 1.04 bits per heavy atom. The third-order valence-corrected chi connectivity index (χ3v) is 7.87. The minimum Gasteiger partial charge on any atom is -0.318 e. The molecule has 0 bridgehead atoms. The van der Waals surface area contributed by atoms with Gasteiger partial charge in [0.1, 0.15) is 22.8 Å². The first-order valence-corrected chi connectivity index (χ1v) is 15.7. The highest BCUT2D eigenvalue weighted by Gasteiger charge is 2.41. The van der Waals surface area contributed by atoms with E-state index >= 15 is 0 Å². The fourth-order valence-corrected chi connectivity index (χ4v) is 5.67. The van der Waals surface area contributed by atoms with Gasteiger partial charge in [0, 0.05) is 44.2 Å². The Hall–Kier alpha value is -5.00. The number of hydrogen-bond acceptors (Lipinski definition) is 12. The van der Waals surface area contributed by atoms with Crippen LogP contribution in [0, 0.1) is 0 Å². The van der Waals surface area contributed by atoms with E-state index in [1.807, 2.05) is 36.4 Å². The molecule has 47 heavy (non-hydrogen) atoms. The maximum absolute atomic E-state index is 11.8. The van der Waals surface area contributed by atoms with E-state index in [1.165, 1.54) is 27.7 Å². The van der Waals surface area contributed by atoms with Crippen LogP contribution in [-0.2, 0) is 43.9 Å². The minimum atomic E-state index is -0.613. The molecule has 250 valence electrons. The molecule has 0 unspecified atom stereocenters. The van der Waals surface area contributed by atoms with Crippen molar-refractivity contribution in [1.29, 1.82) is 0 Å². The molecule has 0 N–H and O–H groups in total. The second-order valence-electron chi connectivity index (χ2n) is 11.2. The highest BCUT2D eigenvalue weighted by molar-refractivity contribution is 6.48. The maximum atomic E-state index is 11.8. The summed E-state index contributed by atoms with van der Waals surface area (Å²) in [5, 5.41) is 16.2. The van der Waals surface area contributed by atoms with Gasteiger partial charge >= 0.3 is 23.9 Å². The third-order valence-electron chi connectivity index (χ3n) is 7.87. The van der Waals surface area contributed by atoms with E-state index in [1.54, 1.807) is 6.92 Å². The van der Waals surface area contributed by atoms with E-state index in [9.17, 15) is 19.2 Å². The molecule has 0 aromatic heterocycles. The molecule has 0 heterocycles. The monoisotopic (exact) mass is 646 g/mol. The largest absolute Gasteiger partial charge is 0.332 e. The van der Waals surface area contributed by atoms with Gasteiger partial charge in [0.25, 0.3) is 0 Å². The van der Waals surface area contributed by atoms with E-state index in [0.717, 1.165) is 54.4 Å². The predicted octanol–water partition coefficient (Wildman–Crippen LogP) is 6.75. The first-order chi connectivity index (χ1) is 22.4. The van der Waals surface area contributed by atoms with Gasteiger partial charge in [-0.05, 0) is 67.0 Å². The van der Waals surface area contributed by atoms with Crippen molar-refractivity contribution in [3.05, 3.63) is 58.7 Å². The number of carbonyl (C=O) groups excluding carboxylic acids is 4. The molecule has 2 aromatic rings. The Morgan fingerprint density at radius 3 is 1.51 bits per heavy atom. The van der Waals surface area contributed by atoms with Crippen LogP contribution in [0.25, 0.3) is 11.1 Å². The van der Waals surface area contributed by atoms with Crippen molar-refractivity contribution in [2.45, 2.75) is 99.3 Å². The highest BCUT2D eigenvalue weighted by atomic mass is 16.7. The van der Waals surface area contributed by atoms with Gasteiger partial charge in [-0.3, -0.25) is 0 Å². The summed E-state index contributed by atoms with van der Waals surface area (Å²) in [6, 6.07) is 11.7. The van der Waals surface area contributed by atoms with E-state index < -0.39 is 29.3 Å². The maximum Gasteiger partial charge on any atom is 0.332 e. The van der Waals surface area contributed by atoms with Crippen molar-refractivity contribution in [2.24, 2.45) is 20.6 Å². The Kier molecular flexibility index (Phi) is 12.8. The molecule has 0 spiro atoms. The second kappa shape index (κ2) is 16.5. The minimum absolute atomic E-state index is 0.233. The lowest BCUT2D eigenvalue weighted by Crippen LogP contribution is -2.25. The van der Waals surface area contributed by atoms with Crippen molar-refractivity contribution in [3.8, 4) is 11.1 Å². The zero-order valence-corrected chi connectivity index (χ0v) is 28.3. The van der Waals surface area contributed by atoms with Crippen LogP contribution in [0.4, 0.5) is 0 Å². The smallest absolute Gasteiger partial charge is 0.318 e. The predicted molar refractivity (Wildman–Crippen MR) is 178 cm³/mol. The van der Waals surface area contributed by atoms with E-state index in [4.69, 9.17) is 19.4 Å². The molecule has 0 saturated carbocycles. The lowest BCUT2D eigenvalue weighted by molar-refractivity contribution is -0.142. The van der Waals surface area contributed by atoms with Crippen LogP contribution in [0.3, 0.4) is 0 Å². The third kappa shape index (κ3) is 8.84. The van der Waals surface area contributed by atoms with Crippen molar-refractivity contribution < 1.29 is 38.5 Å². The zero-order valence-electron chi connectivity index (χ0n) is 28.3. The van der Waals surface area contributed by atoms with Crippen molar-refractivity contribution in [3.63, 3.8) is 0 Å². The highest BCUT2D eigenvalue weighted by Crippen LogP contribution is 2.53. The fourth-order valence-electron chi connectivity index (χ4n) is 5.67. The summed E-state index contributed by atoms with van der Waals surface area (Å²) < 4.78 is 0. The van der Waals surface area contributed by atoms with Gasteiger partial charge < -0.3 is 19.4 Å². The molecule has 0 saturated heterocycles. The standard InChI is InChI=1S/C35H42N4O8/c1-9-12-13-14-32(37-45-23(6)41)34(39-47-25(8)43)27-16-18-29-28-17-15-26(19-30(28)35(10-2,11-3)31(29)20-27)33(38-46-24(7)42)21(4)36-44-22(5)40/h15-20H,9-14H2,1-8H3/b36-21+,37-32+,38-33+,39-34-. The normalized spacial score (nSPS) is 14.2. The number of nitrogens with zero attached hydrogens (tertiary/aromatic N) is 4. The lowest BCUT2D eigenvalue weighted by Gasteiger charge is -2.30. The van der Waals surface area contributed by atoms with Gasteiger partial charge in [-0.1, -0.05) is 78.5 Å². The fraction of sp³-hybridized carbons (Fsp3) is 0.429. The lowest BCUT2D eigenvalue weighted by atomic mass is 9.73. The summed E-state index contributed by atoms with van der Waals surface area (Å²) in [5.74, 6) is -2.39. The Morgan fingerprint density at radius 1 is 0.596 bits per heavy atom. The summed E-state index contributed by atoms with van der Waals surface area (Å²) in [4.78, 5) is 66.6. The average molecular weight is 647 g/mol. The number of oxime groups is 4. The molecule has 2 aromatic carbocycles. The quantitative estimate of drug-likeness (QED) is 0.0945. The number of unbranched alkanes of at least 4 members (excludes halogenated alkanes) is 2. The summed E-state index contributed by atoms with van der Waals surface area (Å²) in [5.41, 5.74) is 6.05. The molecule has 1 aliphatic carbocycles. The SMILES string of the molecule is CCCCCC(=N\OC(C)=O)/C(=N\OC(C)=O)c1ccc2c(c1)C(CC)(CC)c1cc(C(=N/OC(C)=O)/C(C)=N/OC(C)=O)ccc1-2. The summed E-state index contributed by atoms with van der Waals surface area (Å²) in [6.07, 6.45) is 4.56. The number of carbonyl (C=O) groups is 4. The van der Waals surface area contributed by atoms with E-state index in [2.05, 4.69) is 41.4 Å². The number of fused-ring (bicyclic) bond motifs is 3. The Labute approximate surface area is 274 Å². The Balaban J connectivity index is 2.23. The molecule has 0 atom stereocenters. The Bertz CT molecular complexity index is 1650. The summed E-state index contributed by atoms with van der Waals surface area (Å²) >= 11 is 0. The molecular formula is C35H42N4O8. The zero-order chi connectivity index (χ0) is 34.7. The number of rotatable bonds is 14. The van der Waals surface area contributed by atoms with Crippen LogP contribution in [0.15, 0.2) is 57.0 Å². The topological polar surface area (TPSA) is 155 Å². The van der Waals surface area contributed by atoms with Crippen LogP contribution in [-0.4, -0.2) is 46.7 Å². The second-order valence-corrected chi connectivity index (χ2v) is 11.2. The summed E-state index contributed by atoms with van der Waals surface area (Å²) in [6.45, 7) is 12.9. The van der Waals surface area contributed by atoms with Crippen LogP contribution < -0.4 is 0 Å². The van der Waals surface area contributed by atoms with Crippen molar-refractivity contribution >= 4 is 46.7 Å². The summed E-state index contributed by atoms with van der Waals surface area (Å²) in [7, 11) is 0. The van der Waals surface area contributed by atoms with Crippen LogP contribution in [0.5, 0.6) is 0 Å². The van der Waals surface area contributed by atoms with Gasteiger partial charge in [-0.25, -0.2) is 19.2 Å². The average Bonchev–Trinajstić information content (AvgIpc) is 3.30. The van der Waals surface area contributed by atoms with Crippen LogP contribution in [0.2, 0.25) is 0 Å². The van der Waals surface area contributed by atoms with Gasteiger partial charge in [0.05, 0.1) is 0 Å². The first kappa shape index (κ1) is 36.5. The molecule has 0 aliphatic heterocycles. The molecule has 0 radical (unpaired) electrons. The van der Waals surface area contributed by atoms with Crippen molar-refractivity contribution in [2.75, 3.05) is 0 Å². The van der Waals surface area contributed by atoms with E-state index in [-0.39, 0.29) is 11.4 Å². The van der Waals surface area contributed by atoms with E-state index in [0.29, 0.717) is 29.0 Å². The van der Waals surface area contributed by atoms with Gasteiger partial charge in [0.15, 0.2) is 0 Å². The number of hydrogen-bond donors (Lipinski definition) is 0.